The molecule has 0 radical (unpaired) electrons. The van der Waals surface area contributed by atoms with Gasteiger partial charge in [-0.1, -0.05) is 29.8 Å². The highest BCUT2D eigenvalue weighted by molar-refractivity contribution is 7.15. The lowest BCUT2D eigenvalue weighted by Crippen LogP contribution is -2.45. The van der Waals surface area contributed by atoms with E-state index in [1.54, 1.807) is 17.0 Å². The number of amides is 2. The topological polar surface area (TPSA) is 62.3 Å². The average Bonchev–Trinajstić information content (AvgIpc) is 3.33. The number of carbonyl (C=O) groups is 2. The fraction of sp³-hybridized carbons (Fsp3) is 0.320. The Morgan fingerprint density at radius 3 is 2.71 bits per heavy atom. The second kappa shape index (κ2) is 8.95. The van der Waals surface area contributed by atoms with Gasteiger partial charge in [-0.3, -0.25) is 9.59 Å². The van der Waals surface area contributed by atoms with Crippen LogP contribution >= 0.6 is 22.9 Å². The van der Waals surface area contributed by atoms with E-state index in [-0.39, 0.29) is 30.0 Å². The number of likely N-dealkylation sites (tertiary alicyclic amines) is 1. The number of alkyl halides is 3. The quantitative estimate of drug-likeness (QED) is 0.471. The lowest BCUT2D eigenvalue weighted by Gasteiger charge is -2.27. The molecule has 5 rings (SSSR count). The van der Waals surface area contributed by atoms with Gasteiger partial charge < -0.3 is 10.2 Å². The molecule has 2 heterocycles. The van der Waals surface area contributed by atoms with Crippen molar-refractivity contribution >= 4 is 34.8 Å². The fourth-order valence-electron chi connectivity index (χ4n) is 4.74. The molecule has 3 aromatic rings. The van der Waals surface area contributed by atoms with Crippen LogP contribution in [0.3, 0.4) is 0 Å². The van der Waals surface area contributed by atoms with E-state index in [0.29, 0.717) is 23.2 Å². The van der Waals surface area contributed by atoms with Crippen LogP contribution in [0.5, 0.6) is 0 Å². The maximum atomic E-state index is 13.6. The van der Waals surface area contributed by atoms with Crippen LogP contribution in [0.1, 0.15) is 37.8 Å². The summed E-state index contributed by atoms with van der Waals surface area (Å²) in [6.07, 6.45) is -3.57. The standard InChI is InChI=1S/C25H21ClF3N3O2S/c1-13-31-21(22(35-13)14-4-3-7-18(26)9-14)24(34)32-12-16-10-19(16)20(32)11-30-23(33)15-5-2-6-17(8-15)25(27,28)29/h2-9,16,19-20H,10-12H2,1H3,(H,30,33)/t16-,19+,20-/m0/s1. The first kappa shape index (κ1) is 23.8. The molecule has 35 heavy (non-hydrogen) atoms. The molecule has 2 aliphatic rings. The van der Waals surface area contributed by atoms with Crippen LogP contribution in [-0.4, -0.2) is 40.8 Å². The third kappa shape index (κ3) is 4.79. The molecule has 1 N–H and O–H groups in total. The van der Waals surface area contributed by atoms with Crippen molar-refractivity contribution in [3.05, 3.63) is 75.4 Å². The molecule has 2 aromatic carbocycles. The maximum absolute atomic E-state index is 13.6. The van der Waals surface area contributed by atoms with Crippen molar-refractivity contribution in [1.29, 1.82) is 0 Å². The van der Waals surface area contributed by atoms with Crippen LogP contribution in [0.2, 0.25) is 5.02 Å². The number of rotatable bonds is 5. The molecule has 10 heteroatoms. The van der Waals surface area contributed by atoms with Crippen molar-refractivity contribution in [3.63, 3.8) is 0 Å². The normalized spacial score (nSPS) is 21.1. The number of fused-ring (bicyclic) bond motifs is 1. The summed E-state index contributed by atoms with van der Waals surface area (Å²) in [6.45, 7) is 2.57. The second-order valence-corrected chi connectivity index (χ2v) is 10.5. The first-order valence-corrected chi connectivity index (χ1v) is 12.3. The molecule has 1 saturated carbocycles. The zero-order valence-corrected chi connectivity index (χ0v) is 20.2. The highest BCUT2D eigenvalue weighted by Crippen LogP contribution is 2.50. The number of aromatic nitrogens is 1. The van der Waals surface area contributed by atoms with E-state index in [0.717, 1.165) is 34.0 Å². The smallest absolute Gasteiger partial charge is 0.350 e. The Kier molecular flexibility index (Phi) is 6.09. The molecule has 1 aliphatic heterocycles. The number of halogens is 4. The first-order valence-electron chi connectivity index (χ1n) is 11.1. The van der Waals surface area contributed by atoms with Crippen molar-refractivity contribution < 1.29 is 22.8 Å². The first-order chi connectivity index (χ1) is 16.6. The molecule has 1 saturated heterocycles. The summed E-state index contributed by atoms with van der Waals surface area (Å²) in [5, 5.41) is 4.05. The van der Waals surface area contributed by atoms with Gasteiger partial charge >= 0.3 is 6.18 Å². The fourth-order valence-corrected chi connectivity index (χ4v) is 5.83. The third-order valence-electron chi connectivity index (χ3n) is 6.51. The molecular weight excluding hydrogens is 499 g/mol. The van der Waals surface area contributed by atoms with Crippen molar-refractivity contribution in [2.75, 3.05) is 13.1 Å². The molecule has 1 aliphatic carbocycles. The van der Waals surface area contributed by atoms with Crippen molar-refractivity contribution in [2.24, 2.45) is 11.8 Å². The van der Waals surface area contributed by atoms with Crippen molar-refractivity contribution in [3.8, 4) is 10.4 Å². The Labute approximate surface area is 208 Å². The van der Waals surface area contributed by atoms with Gasteiger partial charge in [0.15, 0.2) is 0 Å². The number of hydrogen-bond acceptors (Lipinski definition) is 4. The number of piperidine rings is 1. The molecule has 3 atom stereocenters. The van der Waals surface area contributed by atoms with E-state index < -0.39 is 17.6 Å². The van der Waals surface area contributed by atoms with Gasteiger partial charge in [0, 0.05) is 23.7 Å². The van der Waals surface area contributed by atoms with E-state index in [9.17, 15) is 22.8 Å². The number of nitrogens with zero attached hydrogens (tertiary/aromatic N) is 2. The molecule has 182 valence electrons. The molecule has 0 unspecified atom stereocenters. The average molecular weight is 520 g/mol. The molecular formula is C25H21ClF3N3O2S. The zero-order chi connectivity index (χ0) is 24.9. The minimum absolute atomic E-state index is 0.0681. The predicted octanol–water partition coefficient (Wildman–Crippen LogP) is 5.68. The van der Waals surface area contributed by atoms with Gasteiger partial charge in [-0.15, -0.1) is 11.3 Å². The summed E-state index contributed by atoms with van der Waals surface area (Å²) in [5.41, 5.74) is 0.217. The lowest BCUT2D eigenvalue weighted by molar-refractivity contribution is -0.137. The Balaban J connectivity index is 1.34. The van der Waals surface area contributed by atoms with Crippen LogP contribution in [0.4, 0.5) is 13.2 Å². The lowest BCUT2D eigenvalue weighted by atomic mass is 10.1. The summed E-state index contributed by atoms with van der Waals surface area (Å²) in [6, 6.07) is 11.3. The Bertz CT molecular complexity index is 1310. The molecule has 1 aromatic heterocycles. The van der Waals surface area contributed by atoms with E-state index >= 15 is 0 Å². The minimum Gasteiger partial charge on any atom is -0.350 e. The Morgan fingerprint density at radius 2 is 1.97 bits per heavy atom. The monoisotopic (exact) mass is 519 g/mol. The molecule has 0 bridgehead atoms. The summed E-state index contributed by atoms with van der Waals surface area (Å²) >= 11 is 7.57. The zero-order valence-electron chi connectivity index (χ0n) is 18.6. The second-order valence-electron chi connectivity index (χ2n) is 8.89. The number of thiazole rings is 1. The molecule has 2 amide bonds. The number of nitrogens with one attached hydrogen (secondary N) is 1. The van der Waals surface area contributed by atoms with Gasteiger partial charge in [-0.05, 0) is 61.1 Å². The van der Waals surface area contributed by atoms with E-state index in [1.807, 2.05) is 19.1 Å². The van der Waals surface area contributed by atoms with Crippen LogP contribution in [0.15, 0.2) is 48.5 Å². The summed E-state index contributed by atoms with van der Waals surface area (Å²) in [7, 11) is 0. The van der Waals surface area contributed by atoms with Crippen molar-refractivity contribution in [1.82, 2.24) is 15.2 Å². The minimum atomic E-state index is -4.53. The van der Waals surface area contributed by atoms with Crippen LogP contribution in [0, 0.1) is 18.8 Å². The Hall–Kier alpha value is -2.91. The Morgan fingerprint density at radius 1 is 1.20 bits per heavy atom. The van der Waals surface area contributed by atoms with Crippen LogP contribution < -0.4 is 5.32 Å². The van der Waals surface area contributed by atoms with E-state index in [4.69, 9.17) is 11.6 Å². The third-order valence-corrected chi connectivity index (χ3v) is 7.77. The summed E-state index contributed by atoms with van der Waals surface area (Å²) < 4.78 is 39.0. The number of hydrogen-bond donors (Lipinski definition) is 1. The number of aryl methyl sites for hydroxylation is 1. The maximum Gasteiger partial charge on any atom is 0.416 e. The van der Waals surface area contributed by atoms with E-state index in [1.165, 1.54) is 23.5 Å². The summed E-state index contributed by atoms with van der Waals surface area (Å²) in [5.74, 6) is -0.189. The highest BCUT2D eigenvalue weighted by atomic mass is 35.5. The van der Waals surface area contributed by atoms with Gasteiger partial charge in [0.1, 0.15) is 5.69 Å². The van der Waals surface area contributed by atoms with Gasteiger partial charge in [0.25, 0.3) is 11.8 Å². The van der Waals surface area contributed by atoms with Crippen LogP contribution in [0.25, 0.3) is 10.4 Å². The molecule has 5 nitrogen and oxygen atoms in total. The number of benzene rings is 2. The predicted molar refractivity (Wildman–Crippen MR) is 127 cm³/mol. The molecule has 2 fully saturated rings. The van der Waals surface area contributed by atoms with Gasteiger partial charge in [-0.2, -0.15) is 13.2 Å². The van der Waals surface area contributed by atoms with E-state index in [2.05, 4.69) is 10.3 Å². The van der Waals surface area contributed by atoms with Crippen LogP contribution in [-0.2, 0) is 6.18 Å². The highest BCUT2D eigenvalue weighted by Gasteiger charge is 2.54. The summed E-state index contributed by atoms with van der Waals surface area (Å²) in [4.78, 5) is 33.2. The SMILES string of the molecule is Cc1nc(C(=O)N2C[C@@H]3C[C@H]3[C@@H]2CNC(=O)c2cccc(C(F)(F)F)c2)c(-c2cccc(Cl)c2)s1. The van der Waals surface area contributed by atoms with Gasteiger partial charge in [0.2, 0.25) is 0 Å². The van der Waals surface area contributed by atoms with Gasteiger partial charge in [-0.25, -0.2) is 4.98 Å². The number of carbonyl (C=O) groups excluding carboxylic acids is 2. The molecule has 0 spiro atoms. The largest absolute Gasteiger partial charge is 0.416 e. The van der Waals surface area contributed by atoms with Crippen molar-refractivity contribution in [2.45, 2.75) is 25.6 Å². The van der Waals surface area contributed by atoms with Gasteiger partial charge in [0.05, 0.1) is 21.5 Å².